The third kappa shape index (κ3) is 3.23. The van der Waals surface area contributed by atoms with Crippen LogP contribution in [0.2, 0.25) is 0 Å². The van der Waals surface area contributed by atoms with E-state index in [9.17, 15) is 0 Å². The SMILES string of the molecule is C=C1CCC(=C)c2cc(C)c(C)cc2C[C@@H](C)[C@@H](C)C1. The van der Waals surface area contributed by atoms with Crippen LogP contribution in [0.5, 0.6) is 0 Å². The summed E-state index contributed by atoms with van der Waals surface area (Å²) in [4.78, 5) is 0. The Labute approximate surface area is 124 Å². The van der Waals surface area contributed by atoms with Gasteiger partial charge in [0.2, 0.25) is 0 Å². The number of hydrogen-bond acceptors (Lipinski definition) is 0. The van der Waals surface area contributed by atoms with Crippen molar-refractivity contribution in [3.8, 4) is 0 Å². The zero-order valence-corrected chi connectivity index (χ0v) is 13.6. The standard InChI is InChI=1S/C20H28/c1-13-7-8-14(2)20-12-18(6)17(5)11-19(20)10-16(4)15(3)9-13/h11-12,15-16H,1-2,7-10H2,3-6H3/t15-,16+/m0/s1. The molecule has 0 amide bonds. The number of hydrogen-bond donors (Lipinski definition) is 0. The minimum atomic E-state index is 0.693. The van der Waals surface area contributed by atoms with Crippen LogP contribution in [0, 0.1) is 25.7 Å². The molecule has 0 aliphatic heterocycles. The molecule has 0 unspecified atom stereocenters. The van der Waals surface area contributed by atoms with Crippen LogP contribution in [0.1, 0.15) is 55.4 Å². The first-order valence-corrected chi connectivity index (χ1v) is 7.83. The minimum absolute atomic E-state index is 0.693. The normalized spacial score (nSPS) is 24.4. The van der Waals surface area contributed by atoms with Crippen molar-refractivity contribution in [2.24, 2.45) is 11.8 Å². The van der Waals surface area contributed by atoms with Crippen molar-refractivity contribution < 1.29 is 0 Å². The molecule has 0 saturated heterocycles. The van der Waals surface area contributed by atoms with Crippen molar-refractivity contribution in [3.63, 3.8) is 0 Å². The van der Waals surface area contributed by atoms with E-state index in [1.165, 1.54) is 33.4 Å². The van der Waals surface area contributed by atoms with E-state index in [0.29, 0.717) is 11.8 Å². The molecule has 0 heteroatoms. The molecule has 0 nitrogen and oxygen atoms in total. The van der Waals surface area contributed by atoms with Gasteiger partial charge in [0.25, 0.3) is 0 Å². The second-order valence-corrected chi connectivity index (χ2v) is 6.81. The van der Waals surface area contributed by atoms with E-state index < -0.39 is 0 Å². The zero-order chi connectivity index (χ0) is 14.9. The molecule has 0 heterocycles. The number of allylic oxidation sites excluding steroid dienone is 2. The van der Waals surface area contributed by atoms with E-state index in [-0.39, 0.29) is 0 Å². The van der Waals surface area contributed by atoms with Gasteiger partial charge in [0.15, 0.2) is 0 Å². The fourth-order valence-electron chi connectivity index (χ4n) is 3.14. The highest BCUT2D eigenvalue weighted by Gasteiger charge is 2.19. The lowest BCUT2D eigenvalue weighted by Crippen LogP contribution is -2.14. The molecule has 1 aromatic carbocycles. The summed E-state index contributed by atoms with van der Waals surface area (Å²) in [5, 5.41) is 0. The van der Waals surface area contributed by atoms with Gasteiger partial charge in [0.05, 0.1) is 0 Å². The number of fused-ring (bicyclic) bond motifs is 1. The van der Waals surface area contributed by atoms with Crippen LogP contribution in [0.25, 0.3) is 5.57 Å². The van der Waals surface area contributed by atoms with Crippen molar-refractivity contribution in [2.45, 2.75) is 53.4 Å². The lowest BCUT2D eigenvalue weighted by molar-refractivity contribution is 0.379. The van der Waals surface area contributed by atoms with E-state index in [0.717, 1.165) is 25.7 Å². The predicted octanol–water partition coefficient (Wildman–Crippen LogP) is 5.87. The molecular formula is C20H28. The molecule has 0 radical (unpaired) electrons. The molecule has 1 aromatic rings. The molecular weight excluding hydrogens is 240 g/mol. The maximum absolute atomic E-state index is 4.34. The Morgan fingerprint density at radius 1 is 0.900 bits per heavy atom. The first-order valence-electron chi connectivity index (χ1n) is 7.83. The second-order valence-electron chi connectivity index (χ2n) is 6.81. The average molecular weight is 268 g/mol. The van der Waals surface area contributed by atoms with Crippen LogP contribution >= 0.6 is 0 Å². The molecule has 0 spiro atoms. The number of benzene rings is 1. The van der Waals surface area contributed by atoms with Gasteiger partial charge in [-0.25, -0.2) is 0 Å². The van der Waals surface area contributed by atoms with Crippen LogP contribution in [-0.4, -0.2) is 0 Å². The largest absolute Gasteiger partial charge is 0.0998 e. The van der Waals surface area contributed by atoms with Gasteiger partial charge >= 0.3 is 0 Å². The number of aryl methyl sites for hydroxylation is 2. The summed E-state index contributed by atoms with van der Waals surface area (Å²) >= 11 is 0. The topological polar surface area (TPSA) is 0 Å². The Kier molecular flexibility index (Phi) is 4.52. The van der Waals surface area contributed by atoms with Gasteiger partial charge in [0.1, 0.15) is 0 Å². The van der Waals surface area contributed by atoms with Gasteiger partial charge in [0, 0.05) is 0 Å². The number of rotatable bonds is 0. The second kappa shape index (κ2) is 5.99. The summed E-state index contributed by atoms with van der Waals surface area (Å²) in [6, 6.07) is 4.73. The van der Waals surface area contributed by atoms with Crippen LogP contribution in [-0.2, 0) is 6.42 Å². The lowest BCUT2D eigenvalue weighted by Gasteiger charge is -2.25. The van der Waals surface area contributed by atoms with E-state index in [4.69, 9.17) is 0 Å². The Morgan fingerprint density at radius 3 is 2.20 bits per heavy atom. The highest BCUT2D eigenvalue weighted by molar-refractivity contribution is 5.68. The van der Waals surface area contributed by atoms with Crippen molar-refractivity contribution in [1.82, 2.24) is 0 Å². The molecule has 0 saturated carbocycles. The maximum Gasteiger partial charge on any atom is -0.0195 e. The van der Waals surface area contributed by atoms with E-state index in [2.05, 4.69) is 53.0 Å². The Bertz CT molecular complexity index is 533. The van der Waals surface area contributed by atoms with E-state index in [1.807, 2.05) is 0 Å². The van der Waals surface area contributed by atoms with Gasteiger partial charge < -0.3 is 0 Å². The van der Waals surface area contributed by atoms with Crippen LogP contribution in [0.4, 0.5) is 0 Å². The summed E-state index contributed by atoms with van der Waals surface area (Å²) in [7, 11) is 0. The van der Waals surface area contributed by atoms with Gasteiger partial charge in [-0.05, 0) is 79.2 Å². The van der Waals surface area contributed by atoms with E-state index >= 15 is 0 Å². The molecule has 2 rings (SSSR count). The predicted molar refractivity (Wildman–Crippen MR) is 90.0 cm³/mol. The van der Waals surface area contributed by atoms with Gasteiger partial charge in [-0.15, -0.1) is 0 Å². The van der Waals surface area contributed by atoms with Crippen molar-refractivity contribution >= 4 is 5.57 Å². The average Bonchev–Trinajstić information content (AvgIpc) is 2.38. The van der Waals surface area contributed by atoms with E-state index in [1.54, 1.807) is 0 Å². The first kappa shape index (κ1) is 15.1. The highest BCUT2D eigenvalue weighted by atomic mass is 14.2. The van der Waals surface area contributed by atoms with Gasteiger partial charge in [-0.1, -0.05) is 44.7 Å². The summed E-state index contributed by atoms with van der Waals surface area (Å²) in [6.07, 6.45) is 4.45. The molecule has 0 N–H and O–H groups in total. The van der Waals surface area contributed by atoms with Gasteiger partial charge in [-0.2, -0.15) is 0 Å². The van der Waals surface area contributed by atoms with Crippen molar-refractivity contribution in [3.05, 3.63) is 53.1 Å². The molecule has 0 aromatic heterocycles. The third-order valence-corrected chi connectivity index (χ3v) is 5.00. The lowest BCUT2D eigenvalue weighted by atomic mass is 9.80. The molecule has 2 atom stereocenters. The molecule has 0 bridgehead atoms. The fourth-order valence-corrected chi connectivity index (χ4v) is 3.14. The van der Waals surface area contributed by atoms with Crippen molar-refractivity contribution in [2.75, 3.05) is 0 Å². The van der Waals surface area contributed by atoms with Gasteiger partial charge in [-0.3, -0.25) is 0 Å². The van der Waals surface area contributed by atoms with Crippen LogP contribution in [0.15, 0.2) is 30.9 Å². The smallest absolute Gasteiger partial charge is 0.0195 e. The summed E-state index contributed by atoms with van der Waals surface area (Å²) in [6.45, 7) is 17.8. The molecule has 0 fully saturated rings. The molecule has 20 heavy (non-hydrogen) atoms. The maximum atomic E-state index is 4.34. The quantitative estimate of drug-likeness (QED) is 0.516. The third-order valence-electron chi connectivity index (χ3n) is 5.00. The Morgan fingerprint density at radius 2 is 1.50 bits per heavy atom. The summed E-state index contributed by atoms with van der Waals surface area (Å²) < 4.78 is 0. The van der Waals surface area contributed by atoms with Crippen molar-refractivity contribution in [1.29, 1.82) is 0 Å². The summed E-state index contributed by atoms with van der Waals surface area (Å²) in [5.41, 5.74) is 8.33. The molecule has 108 valence electrons. The highest BCUT2D eigenvalue weighted by Crippen LogP contribution is 2.33. The monoisotopic (exact) mass is 268 g/mol. The first-order chi connectivity index (χ1) is 9.38. The van der Waals surface area contributed by atoms with Crippen LogP contribution < -0.4 is 0 Å². The summed E-state index contributed by atoms with van der Waals surface area (Å²) in [5.74, 6) is 1.40. The van der Waals surface area contributed by atoms with Crippen LogP contribution in [0.3, 0.4) is 0 Å². The Hall–Kier alpha value is -1.30. The molecule has 1 aliphatic rings. The Balaban J connectivity index is 2.44. The minimum Gasteiger partial charge on any atom is -0.0998 e. The zero-order valence-electron chi connectivity index (χ0n) is 13.6. The molecule has 1 aliphatic carbocycles. The fraction of sp³-hybridized carbons (Fsp3) is 0.500.